The molecule has 19 heavy (non-hydrogen) atoms. The fourth-order valence-electron chi connectivity index (χ4n) is 1.93. The number of hydrogen-bond donors (Lipinski definition) is 3. The first-order chi connectivity index (χ1) is 8.99. The molecule has 0 saturated carbocycles. The average Bonchev–Trinajstić information content (AvgIpc) is 2.43. The number of oxime groups is 1. The summed E-state index contributed by atoms with van der Waals surface area (Å²) in [6.45, 7) is 7.01. The van der Waals surface area contributed by atoms with Crippen LogP contribution in [0.2, 0.25) is 0 Å². The minimum Gasteiger partial charge on any atom is -0.409 e. The van der Waals surface area contributed by atoms with Crippen LogP contribution < -0.4 is 11.1 Å². The van der Waals surface area contributed by atoms with Gasteiger partial charge in [-0.15, -0.1) is 0 Å². The van der Waals surface area contributed by atoms with Gasteiger partial charge in [-0.3, -0.25) is 0 Å². The summed E-state index contributed by atoms with van der Waals surface area (Å²) in [6, 6.07) is 8.46. The highest BCUT2D eigenvalue weighted by molar-refractivity contribution is 5.85. The molecule has 4 N–H and O–H groups in total. The predicted molar refractivity (Wildman–Crippen MR) is 80.7 cm³/mol. The van der Waals surface area contributed by atoms with E-state index >= 15 is 0 Å². The summed E-state index contributed by atoms with van der Waals surface area (Å²) in [7, 11) is 0. The smallest absolute Gasteiger partial charge is 0.144 e. The fourth-order valence-corrected chi connectivity index (χ4v) is 1.93. The van der Waals surface area contributed by atoms with E-state index in [1.807, 2.05) is 13.8 Å². The van der Waals surface area contributed by atoms with E-state index in [4.69, 9.17) is 10.9 Å². The van der Waals surface area contributed by atoms with Crippen molar-refractivity contribution in [2.75, 3.05) is 11.9 Å². The Hall–Kier alpha value is -1.71. The molecule has 0 aromatic heterocycles. The highest BCUT2D eigenvalue weighted by atomic mass is 16.4. The molecule has 0 amide bonds. The van der Waals surface area contributed by atoms with E-state index in [1.165, 1.54) is 5.56 Å². The SMILES string of the molecule is CCc1cccc(NCCCC(C)(C)C(N)=NO)c1. The van der Waals surface area contributed by atoms with Crippen LogP contribution >= 0.6 is 0 Å². The Morgan fingerprint density at radius 2 is 2.16 bits per heavy atom. The van der Waals surface area contributed by atoms with Crippen LogP contribution in [0.5, 0.6) is 0 Å². The summed E-state index contributed by atoms with van der Waals surface area (Å²) in [6.07, 6.45) is 2.90. The normalized spacial score (nSPS) is 12.5. The number of nitrogens with one attached hydrogen (secondary N) is 1. The first kappa shape index (κ1) is 15.3. The summed E-state index contributed by atoms with van der Waals surface area (Å²) < 4.78 is 0. The average molecular weight is 263 g/mol. The van der Waals surface area contributed by atoms with Crippen molar-refractivity contribution in [1.82, 2.24) is 0 Å². The number of nitrogens with two attached hydrogens (primary N) is 1. The van der Waals surface area contributed by atoms with Gasteiger partial charge >= 0.3 is 0 Å². The zero-order valence-corrected chi connectivity index (χ0v) is 12.1. The van der Waals surface area contributed by atoms with Crippen LogP contribution in [0.4, 0.5) is 5.69 Å². The second-order valence-corrected chi connectivity index (χ2v) is 5.45. The van der Waals surface area contributed by atoms with E-state index in [2.05, 4.69) is 41.7 Å². The van der Waals surface area contributed by atoms with Crippen molar-refractivity contribution in [2.45, 2.75) is 40.0 Å². The lowest BCUT2D eigenvalue weighted by atomic mass is 9.86. The standard InChI is InChI=1S/C15H25N3O/c1-4-12-7-5-8-13(11-12)17-10-6-9-15(2,3)14(16)18-19/h5,7-8,11,17,19H,4,6,9-10H2,1-3H3,(H2,16,18). The van der Waals surface area contributed by atoms with Gasteiger partial charge in [-0.1, -0.05) is 38.1 Å². The summed E-state index contributed by atoms with van der Waals surface area (Å²) in [5.41, 5.74) is 7.89. The molecule has 0 spiro atoms. The van der Waals surface area contributed by atoms with Crippen molar-refractivity contribution >= 4 is 11.5 Å². The quantitative estimate of drug-likeness (QED) is 0.232. The fraction of sp³-hybridized carbons (Fsp3) is 0.533. The molecule has 106 valence electrons. The second kappa shape index (κ2) is 7.02. The molecule has 1 aromatic carbocycles. The lowest BCUT2D eigenvalue weighted by molar-refractivity contribution is 0.305. The Balaban J connectivity index is 2.38. The minimum atomic E-state index is -0.262. The monoisotopic (exact) mass is 263 g/mol. The third kappa shape index (κ3) is 4.81. The highest BCUT2D eigenvalue weighted by Gasteiger charge is 2.22. The molecule has 0 bridgehead atoms. The Labute approximate surface area is 115 Å². The van der Waals surface area contributed by atoms with Gasteiger partial charge in [-0.25, -0.2) is 0 Å². The molecule has 0 aliphatic heterocycles. The largest absolute Gasteiger partial charge is 0.409 e. The number of amidine groups is 1. The van der Waals surface area contributed by atoms with E-state index in [0.29, 0.717) is 5.84 Å². The van der Waals surface area contributed by atoms with Crippen molar-refractivity contribution in [3.8, 4) is 0 Å². The second-order valence-electron chi connectivity index (χ2n) is 5.45. The molecular weight excluding hydrogens is 238 g/mol. The molecule has 0 aliphatic rings. The lowest BCUT2D eigenvalue weighted by Crippen LogP contribution is -2.32. The van der Waals surface area contributed by atoms with Gasteiger partial charge in [0.1, 0.15) is 5.84 Å². The molecule has 4 heteroatoms. The highest BCUT2D eigenvalue weighted by Crippen LogP contribution is 2.22. The lowest BCUT2D eigenvalue weighted by Gasteiger charge is -2.22. The number of anilines is 1. The van der Waals surface area contributed by atoms with Crippen LogP contribution in [-0.4, -0.2) is 17.6 Å². The molecule has 0 saturated heterocycles. The van der Waals surface area contributed by atoms with Crippen molar-refractivity contribution in [2.24, 2.45) is 16.3 Å². The molecule has 0 unspecified atom stereocenters. The first-order valence-electron chi connectivity index (χ1n) is 6.80. The van der Waals surface area contributed by atoms with E-state index < -0.39 is 0 Å². The van der Waals surface area contributed by atoms with Crippen LogP contribution in [0.1, 0.15) is 39.2 Å². The van der Waals surface area contributed by atoms with Gasteiger partial charge in [0.05, 0.1) is 0 Å². The van der Waals surface area contributed by atoms with Gasteiger partial charge in [0.25, 0.3) is 0 Å². The van der Waals surface area contributed by atoms with Crippen molar-refractivity contribution < 1.29 is 5.21 Å². The van der Waals surface area contributed by atoms with E-state index in [1.54, 1.807) is 0 Å². The van der Waals surface area contributed by atoms with Gasteiger partial charge in [0, 0.05) is 17.6 Å². The number of benzene rings is 1. The Bertz CT molecular complexity index is 427. The number of nitrogens with zero attached hydrogens (tertiary/aromatic N) is 1. The molecule has 0 aliphatic carbocycles. The third-order valence-electron chi connectivity index (χ3n) is 3.44. The zero-order valence-electron chi connectivity index (χ0n) is 12.1. The molecule has 0 fully saturated rings. The van der Waals surface area contributed by atoms with Gasteiger partial charge in [0.2, 0.25) is 0 Å². The summed E-state index contributed by atoms with van der Waals surface area (Å²) >= 11 is 0. The first-order valence-corrected chi connectivity index (χ1v) is 6.80. The van der Waals surface area contributed by atoms with Gasteiger partial charge in [-0.05, 0) is 37.0 Å². The van der Waals surface area contributed by atoms with Gasteiger partial charge < -0.3 is 16.3 Å². The molecule has 0 atom stereocenters. The number of rotatable bonds is 7. The van der Waals surface area contributed by atoms with Crippen LogP contribution in [-0.2, 0) is 6.42 Å². The van der Waals surface area contributed by atoms with Crippen LogP contribution in [0.15, 0.2) is 29.4 Å². The maximum Gasteiger partial charge on any atom is 0.144 e. The Morgan fingerprint density at radius 3 is 2.79 bits per heavy atom. The van der Waals surface area contributed by atoms with E-state index in [9.17, 15) is 0 Å². The third-order valence-corrected chi connectivity index (χ3v) is 3.44. The van der Waals surface area contributed by atoms with E-state index in [0.717, 1.165) is 31.5 Å². The van der Waals surface area contributed by atoms with Crippen LogP contribution in [0.3, 0.4) is 0 Å². The molecular formula is C15H25N3O. The summed E-state index contributed by atoms with van der Waals surface area (Å²) in [5, 5.41) is 15.2. The molecule has 1 aromatic rings. The summed E-state index contributed by atoms with van der Waals surface area (Å²) in [4.78, 5) is 0. The Morgan fingerprint density at radius 1 is 1.42 bits per heavy atom. The van der Waals surface area contributed by atoms with Gasteiger partial charge in [0.15, 0.2) is 0 Å². The number of hydrogen-bond acceptors (Lipinski definition) is 3. The molecule has 0 radical (unpaired) electrons. The van der Waals surface area contributed by atoms with Crippen molar-refractivity contribution in [3.63, 3.8) is 0 Å². The van der Waals surface area contributed by atoms with Gasteiger partial charge in [-0.2, -0.15) is 0 Å². The number of aryl methyl sites for hydroxylation is 1. The molecule has 4 nitrogen and oxygen atoms in total. The van der Waals surface area contributed by atoms with Crippen LogP contribution in [0, 0.1) is 5.41 Å². The van der Waals surface area contributed by atoms with Crippen molar-refractivity contribution in [3.05, 3.63) is 29.8 Å². The minimum absolute atomic E-state index is 0.262. The Kier molecular flexibility index (Phi) is 5.67. The summed E-state index contributed by atoms with van der Waals surface area (Å²) in [5.74, 6) is 0.292. The molecule has 1 rings (SSSR count). The predicted octanol–water partition coefficient (Wildman–Crippen LogP) is 3.21. The van der Waals surface area contributed by atoms with Crippen LogP contribution in [0.25, 0.3) is 0 Å². The zero-order chi connectivity index (χ0) is 14.3. The van der Waals surface area contributed by atoms with E-state index in [-0.39, 0.29) is 5.41 Å². The maximum atomic E-state index is 8.71. The van der Waals surface area contributed by atoms with Crippen molar-refractivity contribution in [1.29, 1.82) is 0 Å². The maximum absolute atomic E-state index is 8.71. The topological polar surface area (TPSA) is 70.6 Å². The molecule has 0 heterocycles.